The summed E-state index contributed by atoms with van der Waals surface area (Å²) in [5.41, 5.74) is 1.28. The molecule has 1 aromatic rings. The maximum Gasteiger partial charge on any atom is 0.165 e. The Morgan fingerprint density at radius 2 is 1.86 bits per heavy atom. The van der Waals surface area contributed by atoms with Crippen molar-refractivity contribution in [1.82, 2.24) is 10.2 Å². The van der Waals surface area contributed by atoms with E-state index in [9.17, 15) is 0 Å². The average Bonchev–Trinajstić information content (AvgIpc) is 2.56. The zero-order valence-electron chi connectivity index (χ0n) is 13.6. The van der Waals surface area contributed by atoms with Gasteiger partial charge in [-0.3, -0.25) is 4.90 Å². The van der Waals surface area contributed by atoms with E-state index in [1.54, 1.807) is 0 Å². The molecule has 3 rings (SSSR count). The van der Waals surface area contributed by atoms with Gasteiger partial charge in [-0.1, -0.05) is 12.1 Å². The highest BCUT2D eigenvalue weighted by Crippen LogP contribution is 2.33. The minimum atomic E-state index is 0.121. The largest absolute Gasteiger partial charge is 0.486 e. The second kappa shape index (κ2) is 6.86. The van der Waals surface area contributed by atoms with Gasteiger partial charge in [0.1, 0.15) is 13.2 Å². The van der Waals surface area contributed by atoms with Crippen molar-refractivity contribution < 1.29 is 14.2 Å². The van der Waals surface area contributed by atoms with E-state index in [-0.39, 0.29) is 5.54 Å². The summed E-state index contributed by atoms with van der Waals surface area (Å²) in [6, 6.07) is 6.09. The van der Waals surface area contributed by atoms with E-state index in [4.69, 9.17) is 14.2 Å². The van der Waals surface area contributed by atoms with Crippen molar-refractivity contribution >= 4 is 0 Å². The summed E-state index contributed by atoms with van der Waals surface area (Å²) in [5.74, 6) is 1.75. The van der Waals surface area contributed by atoms with Crippen LogP contribution in [0.25, 0.3) is 0 Å². The van der Waals surface area contributed by atoms with E-state index in [0.717, 1.165) is 56.5 Å². The highest BCUT2D eigenvalue weighted by Gasteiger charge is 2.27. The van der Waals surface area contributed by atoms with Crippen LogP contribution in [0.2, 0.25) is 0 Å². The van der Waals surface area contributed by atoms with Crippen LogP contribution in [0.1, 0.15) is 19.4 Å². The van der Waals surface area contributed by atoms with Crippen LogP contribution in [-0.4, -0.2) is 56.5 Å². The summed E-state index contributed by atoms with van der Waals surface area (Å²) in [5, 5.41) is 3.57. The van der Waals surface area contributed by atoms with Gasteiger partial charge in [0.25, 0.3) is 0 Å². The molecule has 1 N–H and O–H groups in total. The first-order valence-electron chi connectivity index (χ1n) is 8.08. The van der Waals surface area contributed by atoms with Gasteiger partial charge in [0.15, 0.2) is 11.5 Å². The molecule has 0 bridgehead atoms. The van der Waals surface area contributed by atoms with E-state index >= 15 is 0 Å². The Morgan fingerprint density at radius 1 is 1.09 bits per heavy atom. The lowest BCUT2D eigenvalue weighted by molar-refractivity contribution is -0.00968. The Hall–Kier alpha value is -1.30. The number of hydrogen-bond acceptors (Lipinski definition) is 5. The number of hydrogen-bond donors (Lipinski definition) is 1. The van der Waals surface area contributed by atoms with E-state index < -0.39 is 0 Å². The molecule has 2 aliphatic rings. The number of rotatable bonds is 5. The summed E-state index contributed by atoms with van der Waals surface area (Å²) in [6.45, 7) is 11.2. The molecule has 0 spiro atoms. The monoisotopic (exact) mass is 306 g/mol. The predicted octanol–water partition coefficient (Wildman–Crippen LogP) is 1.66. The molecule has 5 nitrogen and oxygen atoms in total. The maximum absolute atomic E-state index is 5.76. The number of nitrogens with zero attached hydrogens (tertiary/aromatic N) is 1. The molecule has 1 fully saturated rings. The standard InChI is InChI=1S/C17H26N2O3/c1-17(2,19-6-8-20-9-7-19)13-18-12-14-4-3-5-15-16(14)22-11-10-21-15/h3-5,18H,6-13H2,1-2H3. The molecule has 2 aliphatic heterocycles. The second-order valence-corrected chi connectivity index (χ2v) is 6.46. The molecule has 1 aromatic carbocycles. The Kier molecular flexibility index (Phi) is 4.86. The maximum atomic E-state index is 5.76. The first-order chi connectivity index (χ1) is 10.7. The van der Waals surface area contributed by atoms with Crippen molar-refractivity contribution in [1.29, 1.82) is 0 Å². The van der Waals surface area contributed by atoms with E-state index in [2.05, 4.69) is 30.1 Å². The minimum Gasteiger partial charge on any atom is -0.486 e. The van der Waals surface area contributed by atoms with Crippen LogP contribution in [0.3, 0.4) is 0 Å². The van der Waals surface area contributed by atoms with Gasteiger partial charge in [-0.2, -0.15) is 0 Å². The molecule has 0 radical (unpaired) electrons. The van der Waals surface area contributed by atoms with Gasteiger partial charge < -0.3 is 19.5 Å². The average molecular weight is 306 g/mol. The van der Waals surface area contributed by atoms with Crippen molar-refractivity contribution in [2.45, 2.75) is 25.9 Å². The summed E-state index contributed by atoms with van der Waals surface area (Å²) >= 11 is 0. The fourth-order valence-corrected chi connectivity index (χ4v) is 3.06. The summed E-state index contributed by atoms with van der Waals surface area (Å²) < 4.78 is 16.8. The van der Waals surface area contributed by atoms with Crippen LogP contribution in [0, 0.1) is 0 Å². The molecule has 0 unspecified atom stereocenters. The van der Waals surface area contributed by atoms with Gasteiger partial charge in [-0.05, 0) is 19.9 Å². The Balaban J connectivity index is 1.56. The third-order valence-corrected chi connectivity index (χ3v) is 4.39. The van der Waals surface area contributed by atoms with E-state index in [0.29, 0.717) is 13.2 Å². The van der Waals surface area contributed by atoms with Crippen LogP contribution >= 0.6 is 0 Å². The van der Waals surface area contributed by atoms with Crippen molar-refractivity contribution in [3.8, 4) is 11.5 Å². The van der Waals surface area contributed by atoms with Crippen LogP contribution in [0.5, 0.6) is 11.5 Å². The molecular weight excluding hydrogens is 280 g/mol. The van der Waals surface area contributed by atoms with Crippen LogP contribution in [0.4, 0.5) is 0 Å². The Bertz CT molecular complexity index is 499. The van der Waals surface area contributed by atoms with Crippen molar-refractivity contribution in [2.24, 2.45) is 0 Å². The lowest BCUT2D eigenvalue weighted by Gasteiger charge is -2.41. The van der Waals surface area contributed by atoms with Crippen molar-refractivity contribution in [2.75, 3.05) is 46.1 Å². The molecule has 0 atom stereocenters. The van der Waals surface area contributed by atoms with Gasteiger partial charge in [0, 0.05) is 37.3 Å². The Morgan fingerprint density at radius 3 is 2.68 bits per heavy atom. The lowest BCUT2D eigenvalue weighted by Crippen LogP contribution is -2.54. The molecule has 0 aromatic heterocycles. The number of para-hydroxylation sites is 1. The van der Waals surface area contributed by atoms with Crippen molar-refractivity contribution in [3.63, 3.8) is 0 Å². The fraction of sp³-hybridized carbons (Fsp3) is 0.647. The molecule has 1 saturated heterocycles. The SMILES string of the molecule is CC(C)(CNCc1cccc2c1OCCO2)N1CCOCC1. The molecule has 0 amide bonds. The van der Waals surface area contributed by atoms with E-state index in [1.165, 1.54) is 0 Å². The highest BCUT2D eigenvalue weighted by molar-refractivity contribution is 5.47. The van der Waals surface area contributed by atoms with Gasteiger partial charge in [0.05, 0.1) is 13.2 Å². The molecule has 122 valence electrons. The quantitative estimate of drug-likeness (QED) is 0.896. The first kappa shape index (κ1) is 15.6. The zero-order valence-corrected chi connectivity index (χ0v) is 13.6. The summed E-state index contributed by atoms with van der Waals surface area (Å²) in [7, 11) is 0. The van der Waals surface area contributed by atoms with Crippen LogP contribution in [-0.2, 0) is 11.3 Å². The number of fused-ring (bicyclic) bond motifs is 1. The van der Waals surface area contributed by atoms with Crippen molar-refractivity contribution in [3.05, 3.63) is 23.8 Å². The van der Waals surface area contributed by atoms with Gasteiger partial charge >= 0.3 is 0 Å². The lowest BCUT2D eigenvalue weighted by atomic mass is 10.0. The normalized spacial score (nSPS) is 19.2. The third-order valence-electron chi connectivity index (χ3n) is 4.39. The number of ether oxygens (including phenoxy) is 3. The molecule has 2 heterocycles. The number of nitrogens with one attached hydrogen (secondary N) is 1. The zero-order chi connectivity index (χ0) is 15.4. The number of benzene rings is 1. The fourth-order valence-electron chi connectivity index (χ4n) is 3.06. The molecule has 5 heteroatoms. The third kappa shape index (κ3) is 3.54. The predicted molar refractivity (Wildman–Crippen MR) is 85.6 cm³/mol. The van der Waals surface area contributed by atoms with Crippen LogP contribution < -0.4 is 14.8 Å². The van der Waals surface area contributed by atoms with Gasteiger partial charge in [-0.15, -0.1) is 0 Å². The van der Waals surface area contributed by atoms with Crippen LogP contribution in [0.15, 0.2) is 18.2 Å². The highest BCUT2D eigenvalue weighted by atomic mass is 16.6. The number of morpholine rings is 1. The summed E-state index contributed by atoms with van der Waals surface area (Å²) in [6.07, 6.45) is 0. The molecule has 0 saturated carbocycles. The van der Waals surface area contributed by atoms with Gasteiger partial charge in [-0.25, -0.2) is 0 Å². The van der Waals surface area contributed by atoms with Gasteiger partial charge in [0.2, 0.25) is 0 Å². The smallest absolute Gasteiger partial charge is 0.165 e. The topological polar surface area (TPSA) is 43.0 Å². The summed E-state index contributed by atoms with van der Waals surface area (Å²) in [4.78, 5) is 2.49. The molecular formula is C17H26N2O3. The minimum absolute atomic E-state index is 0.121. The Labute approximate surface area is 132 Å². The second-order valence-electron chi connectivity index (χ2n) is 6.46. The molecule has 22 heavy (non-hydrogen) atoms. The van der Waals surface area contributed by atoms with E-state index in [1.807, 2.05) is 12.1 Å². The first-order valence-corrected chi connectivity index (χ1v) is 8.08. The molecule has 0 aliphatic carbocycles.